The maximum absolute atomic E-state index is 2.28. The molecule has 0 spiro atoms. The van der Waals surface area contributed by atoms with E-state index in [-0.39, 0.29) is 0 Å². The molecule has 0 aliphatic carbocycles. The van der Waals surface area contributed by atoms with Crippen molar-refractivity contribution in [1.29, 1.82) is 0 Å². The molecule has 0 heteroatoms. The highest BCUT2D eigenvalue weighted by Gasteiger charge is 1.96. The molecule has 0 unspecified atom stereocenters. The molecule has 13 heavy (non-hydrogen) atoms. The molecule has 2 aromatic rings. The van der Waals surface area contributed by atoms with Crippen molar-refractivity contribution in [3.05, 3.63) is 47.5 Å². The smallest absolute Gasteiger partial charge is 0.0155 e. The number of hydrogen-bond donors (Lipinski definition) is 0. The zero-order valence-corrected chi connectivity index (χ0v) is 8.17. The fraction of sp³-hybridized carbons (Fsp3) is 0.231. The first-order chi connectivity index (χ1) is 6.31. The molecule has 0 fully saturated rings. The highest BCUT2D eigenvalue weighted by atomic mass is 14.0. The highest BCUT2D eigenvalue weighted by Crippen LogP contribution is 2.19. The van der Waals surface area contributed by atoms with E-state index in [0.29, 0.717) is 0 Å². The molecular formula is C13H14. The van der Waals surface area contributed by atoms with Crippen molar-refractivity contribution in [3.8, 4) is 0 Å². The second-order valence-corrected chi connectivity index (χ2v) is 3.48. The summed E-state index contributed by atoms with van der Waals surface area (Å²) in [6.45, 7) is 4.35. The van der Waals surface area contributed by atoms with E-state index >= 15 is 0 Å². The molecule has 0 aliphatic heterocycles. The van der Waals surface area contributed by atoms with Gasteiger partial charge >= 0.3 is 0 Å². The van der Waals surface area contributed by atoms with Crippen molar-refractivity contribution >= 4 is 10.8 Å². The van der Waals surface area contributed by atoms with Crippen LogP contribution in [0.1, 0.15) is 18.1 Å². The summed E-state index contributed by atoms with van der Waals surface area (Å²) in [5.74, 6) is 0. The molecule has 66 valence electrons. The highest BCUT2D eigenvalue weighted by molar-refractivity contribution is 5.86. The first-order valence-corrected chi connectivity index (χ1v) is 4.79. The van der Waals surface area contributed by atoms with E-state index in [4.69, 9.17) is 0 Å². The Morgan fingerprint density at radius 2 is 1.92 bits per heavy atom. The van der Waals surface area contributed by atoms with Gasteiger partial charge in [0, 0.05) is 0 Å². The molecular weight excluding hydrogens is 156 g/mol. The van der Waals surface area contributed by atoms with Crippen LogP contribution >= 0.6 is 0 Å². The largest absolute Gasteiger partial charge is 0.0614 e. The van der Waals surface area contributed by atoms with E-state index in [1.165, 1.54) is 21.9 Å². The van der Waals surface area contributed by atoms with Gasteiger partial charge in [0.15, 0.2) is 0 Å². The Hall–Kier alpha value is -1.30. The van der Waals surface area contributed by atoms with Crippen LogP contribution in [0.5, 0.6) is 0 Å². The Morgan fingerprint density at radius 3 is 2.69 bits per heavy atom. The first kappa shape index (κ1) is 8.31. The predicted octanol–water partition coefficient (Wildman–Crippen LogP) is 3.71. The standard InChI is InChI=1S/C13H14/c1-3-11-7-8-13-10(2)5-4-6-12(13)9-11/h4-9H,3H2,1-2H3. The van der Waals surface area contributed by atoms with Crippen molar-refractivity contribution in [2.75, 3.05) is 0 Å². The van der Waals surface area contributed by atoms with E-state index in [1.54, 1.807) is 0 Å². The summed E-state index contributed by atoms with van der Waals surface area (Å²) in [5, 5.41) is 2.74. The Bertz CT molecular complexity index is 427. The predicted molar refractivity (Wildman–Crippen MR) is 58.1 cm³/mol. The molecule has 0 nitrogen and oxygen atoms in total. The normalized spacial score (nSPS) is 10.6. The summed E-state index contributed by atoms with van der Waals surface area (Å²) in [7, 11) is 0. The van der Waals surface area contributed by atoms with Gasteiger partial charge in [0.25, 0.3) is 0 Å². The van der Waals surface area contributed by atoms with Crippen LogP contribution < -0.4 is 0 Å². The second-order valence-electron chi connectivity index (χ2n) is 3.48. The second kappa shape index (κ2) is 3.21. The van der Waals surface area contributed by atoms with Crippen LogP contribution in [0.2, 0.25) is 0 Å². The van der Waals surface area contributed by atoms with Crippen LogP contribution in [0.4, 0.5) is 0 Å². The lowest BCUT2D eigenvalue weighted by atomic mass is 10.0. The van der Waals surface area contributed by atoms with Crippen LogP contribution in [0.3, 0.4) is 0 Å². The number of hydrogen-bond acceptors (Lipinski definition) is 0. The third-order valence-corrected chi connectivity index (χ3v) is 2.57. The summed E-state index contributed by atoms with van der Waals surface area (Å²) in [6.07, 6.45) is 1.11. The van der Waals surface area contributed by atoms with Gasteiger partial charge in [-0.05, 0) is 35.2 Å². The summed E-state index contributed by atoms with van der Waals surface area (Å²) >= 11 is 0. The summed E-state index contributed by atoms with van der Waals surface area (Å²) < 4.78 is 0. The minimum Gasteiger partial charge on any atom is -0.0614 e. The third-order valence-electron chi connectivity index (χ3n) is 2.57. The van der Waals surface area contributed by atoms with Gasteiger partial charge in [-0.15, -0.1) is 0 Å². The minimum absolute atomic E-state index is 1.11. The molecule has 0 radical (unpaired) electrons. The van der Waals surface area contributed by atoms with Gasteiger partial charge in [-0.2, -0.15) is 0 Å². The lowest BCUT2D eigenvalue weighted by Gasteiger charge is -2.03. The number of aryl methyl sites for hydroxylation is 2. The Balaban J connectivity index is 2.72. The molecule has 0 N–H and O–H groups in total. The summed E-state index contributed by atoms with van der Waals surface area (Å²) in [6, 6.07) is 13.2. The average Bonchev–Trinajstić information content (AvgIpc) is 2.18. The molecule has 0 amide bonds. The molecule has 0 aromatic heterocycles. The third kappa shape index (κ3) is 1.44. The molecule has 0 bridgehead atoms. The average molecular weight is 170 g/mol. The van der Waals surface area contributed by atoms with E-state index in [9.17, 15) is 0 Å². The molecule has 0 heterocycles. The van der Waals surface area contributed by atoms with E-state index in [1.807, 2.05) is 0 Å². The lowest BCUT2D eigenvalue weighted by molar-refractivity contribution is 1.15. The van der Waals surface area contributed by atoms with Crippen molar-refractivity contribution in [2.45, 2.75) is 20.3 Å². The van der Waals surface area contributed by atoms with Gasteiger partial charge in [-0.3, -0.25) is 0 Å². The van der Waals surface area contributed by atoms with Gasteiger partial charge in [-0.25, -0.2) is 0 Å². The van der Waals surface area contributed by atoms with Gasteiger partial charge in [0.1, 0.15) is 0 Å². The summed E-state index contributed by atoms with van der Waals surface area (Å²) in [5.41, 5.74) is 2.78. The fourth-order valence-corrected chi connectivity index (χ4v) is 1.72. The maximum Gasteiger partial charge on any atom is -0.0155 e. The molecule has 2 aromatic carbocycles. The van der Waals surface area contributed by atoms with Crippen LogP contribution in [0, 0.1) is 6.92 Å². The zero-order valence-electron chi connectivity index (χ0n) is 8.17. The lowest BCUT2D eigenvalue weighted by Crippen LogP contribution is -1.82. The molecule has 0 saturated carbocycles. The van der Waals surface area contributed by atoms with Crippen molar-refractivity contribution in [3.63, 3.8) is 0 Å². The Labute approximate surface area is 79.2 Å². The van der Waals surface area contributed by atoms with Crippen LogP contribution in [0.25, 0.3) is 10.8 Å². The van der Waals surface area contributed by atoms with Crippen LogP contribution in [0.15, 0.2) is 36.4 Å². The molecule has 0 aliphatic rings. The Kier molecular flexibility index (Phi) is 2.05. The zero-order chi connectivity index (χ0) is 9.26. The number of rotatable bonds is 1. The van der Waals surface area contributed by atoms with Gasteiger partial charge in [0.2, 0.25) is 0 Å². The SMILES string of the molecule is CCc1ccc2c(C)cccc2c1. The Morgan fingerprint density at radius 1 is 1.08 bits per heavy atom. The van der Waals surface area contributed by atoms with Crippen LogP contribution in [-0.4, -0.2) is 0 Å². The van der Waals surface area contributed by atoms with Gasteiger partial charge in [-0.1, -0.05) is 43.3 Å². The number of benzene rings is 2. The van der Waals surface area contributed by atoms with Crippen molar-refractivity contribution in [1.82, 2.24) is 0 Å². The maximum atomic E-state index is 2.28. The van der Waals surface area contributed by atoms with Crippen LogP contribution in [-0.2, 0) is 6.42 Å². The molecule has 2 rings (SSSR count). The van der Waals surface area contributed by atoms with Gasteiger partial charge in [0.05, 0.1) is 0 Å². The topological polar surface area (TPSA) is 0 Å². The first-order valence-electron chi connectivity index (χ1n) is 4.79. The monoisotopic (exact) mass is 170 g/mol. The summed E-state index contributed by atoms with van der Waals surface area (Å²) in [4.78, 5) is 0. The van der Waals surface area contributed by atoms with Crippen molar-refractivity contribution in [2.24, 2.45) is 0 Å². The molecule has 0 atom stereocenters. The van der Waals surface area contributed by atoms with E-state index in [2.05, 4.69) is 50.2 Å². The van der Waals surface area contributed by atoms with Crippen molar-refractivity contribution < 1.29 is 0 Å². The van der Waals surface area contributed by atoms with Gasteiger partial charge < -0.3 is 0 Å². The van der Waals surface area contributed by atoms with E-state index in [0.717, 1.165) is 6.42 Å². The fourth-order valence-electron chi connectivity index (χ4n) is 1.72. The molecule has 0 saturated heterocycles. The minimum atomic E-state index is 1.11. The quantitative estimate of drug-likeness (QED) is 0.612. The van der Waals surface area contributed by atoms with E-state index < -0.39 is 0 Å². The number of fused-ring (bicyclic) bond motifs is 1.